The van der Waals surface area contributed by atoms with E-state index >= 15 is 0 Å². The largest absolute Gasteiger partial charge is 0.619 e. The first-order valence-electron chi connectivity index (χ1n) is 7.82. The van der Waals surface area contributed by atoms with E-state index < -0.39 is 35.7 Å². The number of ether oxygens (including phenoxy) is 1. The molecule has 0 saturated carbocycles. The zero-order valence-corrected chi connectivity index (χ0v) is 15.8. The Labute approximate surface area is 174 Å². The predicted molar refractivity (Wildman–Crippen MR) is 96.8 cm³/mol. The lowest BCUT2D eigenvalue weighted by atomic mass is 10.1. The quantitative estimate of drug-likeness (QED) is 0.331. The van der Waals surface area contributed by atoms with Gasteiger partial charge in [-0.2, -0.15) is 26.7 Å². The molecule has 2 heterocycles. The van der Waals surface area contributed by atoms with E-state index in [1.165, 1.54) is 0 Å². The van der Waals surface area contributed by atoms with Crippen LogP contribution in [-0.2, 0) is 6.18 Å². The lowest BCUT2D eigenvalue weighted by molar-refractivity contribution is -0.605. The number of nitrogens with zero attached hydrogens (tertiary/aromatic N) is 2. The van der Waals surface area contributed by atoms with E-state index in [0.717, 1.165) is 30.6 Å². The summed E-state index contributed by atoms with van der Waals surface area (Å²) in [7, 11) is 0. The number of alkyl halides is 5. The van der Waals surface area contributed by atoms with Gasteiger partial charge < -0.3 is 15.3 Å². The summed E-state index contributed by atoms with van der Waals surface area (Å²) in [6.07, 6.45) is -3.02. The summed E-state index contributed by atoms with van der Waals surface area (Å²) in [5.74, 6) is -1.54. The Hall–Kier alpha value is -2.92. The Balaban J connectivity index is 2.11. The molecular weight excluding hydrogens is 460 g/mol. The molecule has 0 aliphatic rings. The van der Waals surface area contributed by atoms with E-state index in [1.807, 2.05) is 0 Å². The summed E-state index contributed by atoms with van der Waals surface area (Å²) in [5, 5.41) is 13.0. The number of hydrogen-bond acceptors (Lipinski definition) is 4. The summed E-state index contributed by atoms with van der Waals surface area (Å²) in [6, 6.07) is 3.44. The van der Waals surface area contributed by atoms with E-state index in [1.54, 1.807) is 0 Å². The zero-order valence-electron chi connectivity index (χ0n) is 14.3. The van der Waals surface area contributed by atoms with E-state index in [-0.39, 0.29) is 26.7 Å². The molecule has 1 N–H and O–H groups in total. The van der Waals surface area contributed by atoms with E-state index in [4.69, 9.17) is 23.2 Å². The Morgan fingerprint density at radius 3 is 2.33 bits per heavy atom. The average Bonchev–Trinajstić information content (AvgIpc) is 2.63. The van der Waals surface area contributed by atoms with Crippen LogP contribution in [0.25, 0.3) is 10.9 Å². The van der Waals surface area contributed by atoms with Gasteiger partial charge in [0.25, 0.3) is 5.91 Å². The summed E-state index contributed by atoms with van der Waals surface area (Å²) >= 11 is 11.8. The molecule has 0 spiro atoms. The monoisotopic (exact) mass is 467 g/mol. The molecule has 0 aliphatic heterocycles. The lowest BCUT2D eigenvalue weighted by Crippen LogP contribution is -2.25. The molecule has 158 valence electrons. The predicted octanol–water partition coefficient (Wildman–Crippen LogP) is 5.05. The zero-order chi connectivity index (χ0) is 22.2. The maximum atomic E-state index is 13.0. The normalized spacial score (nSPS) is 11.7. The van der Waals surface area contributed by atoms with Gasteiger partial charge in [0.1, 0.15) is 21.3 Å². The van der Waals surface area contributed by atoms with Crippen LogP contribution in [-0.4, -0.2) is 17.5 Å². The minimum atomic E-state index is -4.85. The molecule has 30 heavy (non-hydrogen) atoms. The van der Waals surface area contributed by atoms with Crippen molar-refractivity contribution in [1.29, 1.82) is 0 Å². The molecular formula is C17H8Cl2F5N3O3. The number of hydrogen-bond donors (Lipinski definition) is 1. The van der Waals surface area contributed by atoms with Crippen molar-refractivity contribution < 1.29 is 36.2 Å². The lowest BCUT2D eigenvalue weighted by Gasteiger charge is -2.14. The number of halogens is 7. The number of fused-ring (bicyclic) bond motifs is 1. The number of nitrogens with one attached hydrogen (secondary N) is 1. The third kappa shape index (κ3) is 4.46. The Bertz CT molecular complexity index is 1120. The van der Waals surface area contributed by atoms with Gasteiger partial charge in [-0.1, -0.05) is 23.2 Å². The number of carbonyl (C=O) groups is 1. The molecule has 2 aromatic heterocycles. The van der Waals surface area contributed by atoms with Crippen molar-refractivity contribution in [3.05, 3.63) is 63.2 Å². The molecule has 13 heteroatoms. The second-order valence-corrected chi connectivity index (χ2v) is 6.54. The van der Waals surface area contributed by atoms with Gasteiger partial charge in [-0.25, -0.2) is 4.98 Å². The number of aromatic nitrogens is 2. The number of amides is 1. The van der Waals surface area contributed by atoms with Crippen LogP contribution in [0.2, 0.25) is 10.0 Å². The van der Waals surface area contributed by atoms with Gasteiger partial charge in [0.05, 0.1) is 5.69 Å². The first-order chi connectivity index (χ1) is 14.0. The molecule has 1 aromatic carbocycles. The number of anilines is 1. The molecule has 0 fully saturated rings. The number of pyridine rings is 2. The van der Waals surface area contributed by atoms with Gasteiger partial charge >= 0.3 is 12.8 Å². The van der Waals surface area contributed by atoms with Gasteiger partial charge in [0, 0.05) is 10.9 Å². The highest BCUT2D eigenvalue weighted by atomic mass is 35.5. The third-order valence-corrected chi connectivity index (χ3v) is 4.34. The fourth-order valence-corrected chi connectivity index (χ4v) is 3.08. The van der Waals surface area contributed by atoms with Crippen molar-refractivity contribution in [1.82, 2.24) is 4.98 Å². The molecule has 1 amide bonds. The number of benzene rings is 1. The van der Waals surface area contributed by atoms with Crippen LogP contribution in [0.1, 0.15) is 16.1 Å². The summed E-state index contributed by atoms with van der Waals surface area (Å²) in [4.78, 5) is 16.0. The number of rotatable bonds is 4. The van der Waals surface area contributed by atoms with Crippen LogP contribution < -0.4 is 14.8 Å². The van der Waals surface area contributed by atoms with Crippen LogP contribution >= 0.6 is 23.2 Å². The third-order valence-electron chi connectivity index (χ3n) is 3.77. The molecule has 0 atom stereocenters. The van der Waals surface area contributed by atoms with E-state index in [2.05, 4.69) is 15.0 Å². The van der Waals surface area contributed by atoms with Crippen LogP contribution in [0.3, 0.4) is 0 Å². The van der Waals surface area contributed by atoms with Crippen molar-refractivity contribution in [2.24, 2.45) is 0 Å². The highest BCUT2D eigenvalue weighted by Gasteiger charge is 2.33. The molecule has 0 saturated heterocycles. The molecule has 0 radical (unpaired) electrons. The van der Waals surface area contributed by atoms with Crippen molar-refractivity contribution in [3.8, 4) is 5.75 Å². The summed E-state index contributed by atoms with van der Waals surface area (Å²) in [5.41, 5.74) is -2.31. The minimum Gasteiger partial charge on any atom is -0.619 e. The number of carbonyl (C=O) groups excluding carboxylic acids is 1. The van der Waals surface area contributed by atoms with Crippen LogP contribution in [0.4, 0.5) is 27.6 Å². The van der Waals surface area contributed by atoms with Crippen molar-refractivity contribution in [2.45, 2.75) is 12.8 Å². The Morgan fingerprint density at radius 2 is 1.77 bits per heavy atom. The summed E-state index contributed by atoms with van der Waals surface area (Å²) < 4.78 is 68.8. The van der Waals surface area contributed by atoms with Crippen LogP contribution in [0.5, 0.6) is 5.75 Å². The van der Waals surface area contributed by atoms with Gasteiger partial charge in [-0.15, -0.1) is 0 Å². The van der Waals surface area contributed by atoms with E-state index in [9.17, 15) is 32.0 Å². The van der Waals surface area contributed by atoms with Crippen molar-refractivity contribution in [3.63, 3.8) is 0 Å². The first kappa shape index (κ1) is 21.8. The second-order valence-electron chi connectivity index (χ2n) is 5.72. The van der Waals surface area contributed by atoms with Crippen LogP contribution in [0.15, 0.2) is 36.7 Å². The maximum Gasteiger partial charge on any atom is 0.433 e. The topological polar surface area (TPSA) is 78.2 Å². The SMILES string of the molecule is O=C(Nc1c(Cl)c[n+]([O-])cc1Cl)c1ccc(OC(F)F)c2nc(C(F)(F)F)ccc12. The fourth-order valence-electron chi connectivity index (χ4n) is 2.54. The average molecular weight is 468 g/mol. The Morgan fingerprint density at radius 1 is 1.13 bits per heavy atom. The van der Waals surface area contributed by atoms with Gasteiger partial charge in [0.15, 0.2) is 5.75 Å². The fraction of sp³-hybridized carbons (Fsp3) is 0.118. The van der Waals surface area contributed by atoms with Crippen molar-refractivity contribution >= 4 is 45.7 Å². The highest BCUT2D eigenvalue weighted by Crippen LogP contribution is 2.35. The first-order valence-corrected chi connectivity index (χ1v) is 8.58. The van der Waals surface area contributed by atoms with E-state index in [0.29, 0.717) is 10.8 Å². The summed E-state index contributed by atoms with van der Waals surface area (Å²) in [6.45, 7) is -3.33. The van der Waals surface area contributed by atoms with Gasteiger partial charge in [-0.3, -0.25) is 4.79 Å². The van der Waals surface area contributed by atoms with Gasteiger partial charge in [-0.05, 0) is 24.3 Å². The van der Waals surface area contributed by atoms with Crippen molar-refractivity contribution in [2.75, 3.05) is 5.32 Å². The molecule has 6 nitrogen and oxygen atoms in total. The maximum absolute atomic E-state index is 13.0. The molecule has 3 aromatic rings. The highest BCUT2D eigenvalue weighted by molar-refractivity contribution is 6.39. The molecule has 0 unspecified atom stereocenters. The minimum absolute atomic E-state index is 0.128. The molecule has 0 bridgehead atoms. The Kier molecular flexibility index (Phi) is 5.86. The molecule has 0 aliphatic carbocycles. The van der Waals surface area contributed by atoms with Gasteiger partial charge in [0.2, 0.25) is 12.4 Å². The smallest absolute Gasteiger partial charge is 0.433 e. The standard InChI is InChI=1S/C17H8Cl2F5N3O3/c18-9-5-27(29)6-10(19)14(9)26-15(28)8-1-3-11(30-16(20)21)13-7(8)2-4-12(25-13)17(22,23)24/h1-6,16H,(H,26,28). The van der Waals surface area contributed by atoms with Crippen LogP contribution in [0, 0.1) is 5.21 Å². The second kappa shape index (κ2) is 8.07. The molecule has 3 rings (SSSR count).